The van der Waals surface area contributed by atoms with Gasteiger partial charge in [0, 0.05) is 12.8 Å². The Morgan fingerprint density at radius 2 is 1.47 bits per heavy atom. The molecule has 4 aromatic rings. The van der Waals surface area contributed by atoms with Crippen molar-refractivity contribution in [2.24, 2.45) is 0 Å². The molecule has 3 N–H and O–H groups in total. The lowest BCUT2D eigenvalue weighted by Crippen LogP contribution is -2.66. The SMILES string of the molecule is COc1ccc([C@H](O)CC(=C=CC[C@@H](O)c2ccc(CO)o2)CO[Si](c2ccccc2)(c2ccccc2)C(C)(C)C)cc1. The molecule has 0 saturated heterocycles. The lowest BCUT2D eigenvalue weighted by Gasteiger charge is -2.43. The number of methoxy groups -OCH3 is 1. The van der Waals surface area contributed by atoms with Gasteiger partial charge in [-0.1, -0.05) is 93.6 Å². The van der Waals surface area contributed by atoms with Crippen LogP contribution in [0.3, 0.4) is 0 Å². The topological polar surface area (TPSA) is 92.3 Å². The van der Waals surface area contributed by atoms with Crippen LogP contribution in [0.1, 0.15) is 62.9 Å². The molecule has 6 nitrogen and oxygen atoms in total. The molecule has 226 valence electrons. The predicted octanol–water partition coefficient (Wildman–Crippen LogP) is 5.99. The molecule has 0 radical (unpaired) electrons. The van der Waals surface area contributed by atoms with Gasteiger partial charge < -0.3 is 28.9 Å². The molecule has 0 unspecified atom stereocenters. The summed E-state index contributed by atoms with van der Waals surface area (Å²) in [6.45, 7) is 6.71. The van der Waals surface area contributed by atoms with E-state index in [4.69, 9.17) is 13.6 Å². The zero-order valence-electron chi connectivity index (χ0n) is 25.4. The molecular formula is C36H42O6Si. The number of furan rings is 1. The van der Waals surface area contributed by atoms with Crippen LogP contribution in [0.25, 0.3) is 0 Å². The molecule has 0 aliphatic rings. The average Bonchev–Trinajstić information content (AvgIpc) is 3.51. The number of benzene rings is 3. The molecule has 0 fully saturated rings. The molecule has 0 spiro atoms. The third-order valence-corrected chi connectivity index (χ3v) is 12.6. The van der Waals surface area contributed by atoms with Crippen molar-refractivity contribution in [1.29, 1.82) is 0 Å². The minimum Gasteiger partial charge on any atom is -0.497 e. The van der Waals surface area contributed by atoms with Gasteiger partial charge in [0.1, 0.15) is 30.0 Å². The second-order valence-electron chi connectivity index (χ2n) is 11.6. The van der Waals surface area contributed by atoms with Crippen molar-refractivity contribution in [1.82, 2.24) is 0 Å². The van der Waals surface area contributed by atoms with Crippen molar-refractivity contribution < 1.29 is 28.9 Å². The van der Waals surface area contributed by atoms with Crippen LogP contribution in [-0.2, 0) is 11.0 Å². The van der Waals surface area contributed by atoms with E-state index in [1.807, 2.05) is 36.4 Å². The highest BCUT2D eigenvalue weighted by molar-refractivity contribution is 6.99. The van der Waals surface area contributed by atoms with E-state index in [0.29, 0.717) is 17.9 Å². The fraction of sp³-hybridized carbons (Fsp3) is 0.306. The van der Waals surface area contributed by atoms with Crippen molar-refractivity contribution in [2.45, 2.75) is 57.5 Å². The third-order valence-electron chi connectivity index (χ3n) is 7.63. The van der Waals surface area contributed by atoms with Crippen LogP contribution in [0, 0.1) is 0 Å². The lowest BCUT2D eigenvalue weighted by atomic mass is 10.0. The van der Waals surface area contributed by atoms with Gasteiger partial charge in [0.15, 0.2) is 0 Å². The molecule has 2 atom stereocenters. The summed E-state index contributed by atoms with van der Waals surface area (Å²) >= 11 is 0. The quantitative estimate of drug-likeness (QED) is 0.129. The third kappa shape index (κ3) is 7.83. The fourth-order valence-electron chi connectivity index (χ4n) is 5.38. The van der Waals surface area contributed by atoms with E-state index in [1.165, 1.54) is 10.4 Å². The van der Waals surface area contributed by atoms with Crippen LogP contribution in [0.4, 0.5) is 0 Å². The number of hydrogen-bond acceptors (Lipinski definition) is 6. The summed E-state index contributed by atoms with van der Waals surface area (Å²) in [6.07, 6.45) is 0.632. The van der Waals surface area contributed by atoms with Crippen LogP contribution in [0.15, 0.2) is 119 Å². The van der Waals surface area contributed by atoms with E-state index < -0.39 is 20.5 Å². The highest BCUT2D eigenvalue weighted by Crippen LogP contribution is 2.37. The first-order valence-corrected chi connectivity index (χ1v) is 16.5. The van der Waals surface area contributed by atoms with Gasteiger partial charge in [-0.15, -0.1) is 5.73 Å². The molecule has 0 aliphatic heterocycles. The molecule has 0 amide bonds. The molecule has 0 saturated carbocycles. The summed E-state index contributed by atoms with van der Waals surface area (Å²) in [6, 6.07) is 31.5. The highest BCUT2D eigenvalue weighted by Gasteiger charge is 2.50. The van der Waals surface area contributed by atoms with Crippen LogP contribution in [0.5, 0.6) is 5.75 Å². The number of ether oxygens (including phenoxy) is 1. The second-order valence-corrected chi connectivity index (χ2v) is 15.9. The van der Waals surface area contributed by atoms with Crippen LogP contribution in [-0.4, -0.2) is 37.4 Å². The number of aliphatic hydroxyl groups excluding tert-OH is 3. The Kier molecular flexibility index (Phi) is 11.0. The largest absolute Gasteiger partial charge is 0.497 e. The lowest BCUT2D eigenvalue weighted by molar-refractivity contribution is 0.145. The number of rotatable bonds is 13. The molecule has 1 heterocycles. The Balaban J connectivity index is 1.69. The first-order chi connectivity index (χ1) is 20.7. The Hall–Kier alpha value is -3.68. The monoisotopic (exact) mass is 598 g/mol. The van der Waals surface area contributed by atoms with Crippen LogP contribution >= 0.6 is 0 Å². The summed E-state index contributed by atoms with van der Waals surface area (Å²) in [5, 5.41) is 33.3. The molecule has 1 aromatic heterocycles. The van der Waals surface area contributed by atoms with Crippen molar-refractivity contribution >= 4 is 18.7 Å². The summed E-state index contributed by atoms with van der Waals surface area (Å²) in [7, 11) is -1.22. The van der Waals surface area contributed by atoms with Gasteiger partial charge in [-0.05, 0) is 56.9 Å². The summed E-state index contributed by atoms with van der Waals surface area (Å²) < 4.78 is 17.9. The number of hydrogen-bond donors (Lipinski definition) is 3. The Morgan fingerprint density at radius 1 is 0.860 bits per heavy atom. The van der Waals surface area contributed by atoms with Gasteiger partial charge in [0.25, 0.3) is 8.32 Å². The van der Waals surface area contributed by atoms with Crippen LogP contribution < -0.4 is 15.1 Å². The summed E-state index contributed by atoms with van der Waals surface area (Å²) in [5.74, 6) is 1.50. The molecule has 0 aliphatic carbocycles. The summed E-state index contributed by atoms with van der Waals surface area (Å²) in [4.78, 5) is 0. The first-order valence-electron chi connectivity index (χ1n) is 14.6. The van der Waals surface area contributed by atoms with Crippen molar-refractivity contribution in [3.63, 3.8) is 0 Å². The van der Waals surface area contributed by atoms with Gasteiger partial charge >= 0.3 is 0 Å². The van der Waals surface area contributed by atoms with Crippen molar-refractivity contribution in [3.05, 3.63) is 132 Å². The predicted molar refractivity (Wildman–Crippen MR) is 172 cm³/mol. The molecule has 4 rings (SSSR count). The maximum atomic E-state index is 11.2. The Labute approximate surface area is 255 Å². The highest BCUT2D eigenvalue weighted by atomic mass is 28.4. The smallest absolute Gasteiger partial charge is 0.261 e. The zero-order chi connectivity index (χ0) is 30.9. The van der Waals surface area contributed by atoms with Gasteiger partial charge in [0.05, 0.1) is 19.8 Å². The van der Waals surface area contributed by atoms with E-state index in [-0.39, 0.29) is 24.7 Å². The average molecular weight is 599 g/mol. The molecular weight excluding hydrogens is 556 g/mol. The van der Waals surface area contributed by atoms with Gasteiger partial charge in [0.2, 0.25) is 0 Å². The molecule has 7 heteroatoms. The van der Waals surface area contributed by atoms with E-state index in [2.05, 4.69) is 75.0 Å². The molecule has 3 aromatic carbocycles. The van der Waals surface area contributed by atoms with Crippen LogP contribution in [0.2, 0.25) is 5.04 Å². The van der Waals surface area contributed by atoms with E-state index in [9.17, 15) is 15.3 Å². The van der Waals surface area contributed by atoms with Gasteiger partial charge in [-0.2, -0.15) is 0 Å². The van der Waals surface area contributed by atoms with E-state index >= 15 is 0 Å². The van der Waals surface area contributed by atoms with E-state index in [1.54, 1.807) is 25.3 Å². The minimum atomic E-state index is -2.83. The standard InChI is InChI=1S/C36H42O6Si/c1-36(2,3)43(31-13-7-5-8-14-31,32-15-9-6-10-16-32)41-26-27(24-34(39)28-18-20-29(40-4)21-19-28)12-11-17-33(38)35-23-22-30(25-37)42-35/h5-11,13-16,18-23,33-34,37-39H,17,24-26H2,1-4H3/t12?,33-,34-/m1/s1. The van der Waals surface area contributed by atoms with Gasteiger partial charge in [-0.25, -0.2) is 0 Å². The van der Waals surface area contributed by atoms with Gasteiger partial charge in [-0.3, -0.25) is 0 Å². The normalized spacial score (nSPS) is 13.2. The maximum absolute atomic E-state index is 11.2. The summed E-state index contributed by atoms with van der Waals surface area (Å²) in [5.41, 5.74) is 4.88. The Morgan fingerprint density at radius 3 is 1.98 bits per heavy atom. The molecule has 43 heavy (non-hydrogen) atoms. The maximum Gasteiger partial charge on any atom is 0.261 e. The van der Waals surface area contributed by atoms with E-state index in [0.717, 1.165) is 16.9 Å². The fourth-order valence-corrected chi connectivity index (χ4v) is 9.93. The minimum absolute atomic E-state index is 0.209. The molecule has 0 bridgehead atoms. The Bertz CT molecular complexity index is 1440. The van der Waals surface area contributed by atoms with Crippen molar-refractivity contribution in [3.8, 4) is 5.75 Å². The first kappa shape index (κ1) is 32.2. The zero-order valence-corrected chi connectivity index (χ0v) is 26.4. The van der Waals surface area contributed by atoms with Crippen molar-refractivity contribution in [2.75, 3.05) is 13.7 Å². The second kappa shape index (κ2) is 14.7. The number of aliphatic hydroxyl groups is 3.